The minimum absolute atomic E-state index is 0.778. The number of nitrogens with zero attached hydrogens (tertiary/aromatic N) is 1. The second-order valence-electron chi connectivity index (χ2n) is 17.8. The van der Waals surface area contributed by atoms with E-state index in [0.29, 0.717) is 0 Å². The summed E-state index contributed by atoms with van der Waals surface area (Å²) < 4.78 is 17.3. The third kappa shape index (κ3) is 6.54. The van der Waals surface area contributed by atoms with Crippen molar-refractivity contribution in [2.24, 2.45) is 0 Å². The number of rotatable bonds is 7. The summed E-state index contributed by atoms with van der Waals surface area (Å²) in [5.74, 6) is 0. The van der Waals surface area contributed by atoms with Crippen LogP contribution in [0.3, 0.4) is 0 Å². The van der Waals surface area contributed by atoms with E-state index in [1.807, 2.05) is 0 Å². The predicted molar refractivity (Wildman–Crippen MR) is 292 cm³/mol. The van der Waals surface area contributed by atoms with E-state index in [9.17, 15) is 0 Å². The average molecular weight is 892 g/mol. The molecular weight excluding hydrogens is 846 g/mol. The molecule has 1 heterocycles. The van der Waals surface area contributed by atoms with E-state index >= 15 is 0 Å². The maximum Gasteiger partial charge on any atom is 0.309 e. The molecule has 0 aliphatic heterocycles. The maximum absolute atomic E-state index is 7.47. The average Bonchev–Trinajstić information content (AvgIpc) is 3.58. The lowest BCUT2D eigenvalue weighted by atomic mass is 9.89. The van der Waals surface area contributed by atoms with Crippen LogP contribution >= 0.6 is 8.16 Å². The zero-order chi connectivity index (χ0) is 45.3. The van der Waals surface area contributed by atoms with Crippen LogP contribution in [-0.2, 0) is 0 Å². The van der Waals surface area contributed by atoms with Gasteiger partial charge in [-0.1, -0.05) is 208 Å². The Labute approximate surface area is 395 Å². The summed E-state index contributed by atoms with van der Waals surface area (Å²) in [6, 6.07) is 80.0. The number of hydrogen-bond donors (Lipinski definition) is 0. The smallest absolute Gasteiger partial charge is 0.309 e. The van der Waals surface area contributed by atoms with Gasteiger partial charge in [0.25, 0.3) is 0 Å². The Morgan fingerprint density at radius 3 is 0.926 bits per heavy atom. The molecule has 0 radical (unpaired) electrons. The van der Waals surface area contributed by atoms with Gasteiger partial charge in [0, 0.05) is 35.0 Å². The van der Waals surface area contributed by atoms with Crippen LogP contribution in [-0.4, -0.2) is 13.1 Å². The molecule has 3 nitrogen and oxygen atoms in total. The molecule has 0 spiro atoms. The van der Waals surface area contributed by atoms with Gasteiger partial charge in [-0.25, -0.2) is 4.67 Å². The van der Waals surface area contributed by atoms with Gasteiger partial charge >= 0.3 is 8.16 Å². The molecule has 0 bridgehead atoms. The van der Waals surface area contributed by atoms with Crippen molar-refractivity contribution in [3.63, 3.8) is 0 Å². The molecule has 324 valence electrons. The molecule has 0 aliphatic rings. The minimum atomic E-state index is -1.59. The highest BCUT2D eigenvalue weighted by Crippen LogP contribution is 2.49. The monoisotopic (exact) mass is 891 g/mol. The van der Waals surface area contributed by atoms with E-state index in [0.717, 1.165) is 78.8 Å². The highest BCUT2D eigenvalue weighted by molar-refractivity contribution is 7.39. The first kappa shape index (κ1) is 40.3. The predicted octanol–water partition coefficient (Wildman–Crippen LogP) is 18.9. The van der Waals surface area contributed by atoms with Crippen LogP contribution < -0.4 is 4.67 Å². The Morgan fingerprint density at radius 2 is 0.603 bits per heavy atom. The van der Waals surface area contributed by atoms with Crippen molar-refractivity contribution >= 4 is 94.7 Å². The van der Waals surface area contributed by atoms with Gasteiger partial charge in [0.1, 0.15) is 0 Å². The van der Waals surface area contributed by atoms with Crippen molar-refractivity contribution in [2.45, 2.75) is 13.8 Å². The first-order valence-electron chi connectivity index (χ1n) is 23.7. The topological polar surface area (TPSA) is 29.5 Å². The summed E-state index contributed by atoms with van der Waals surface area (Å²) in [6.45, 7) is 5.94. The van der Waals surface area contributed by atoms with Gasteiger partial charge < -0.3 is 8.39 Å². The molecule has 4 heteroatoms. The molecule has 12 aromatic carbocycles. The fourth-order valence-electron chi connectivity index (χ4n) is 10.8. The minimum Gasteiger partial charge on any atom is -0.407 e. The van der Waals surface area contributed by atoms with Gasteiger partial charge in [-0.15, -0.1) is 0 Å². The van der Waals surface area contributed by atoms with Crippen molar-refractivity contribution in [1.29, 1.82) is 0 Å². The van der Waals surface area contributed by atoms with E-state index in [2.05, 4.69) is 237 Å². The second-order valence-corrected chi connectivity index (χ2v) is 19.2. The molecule has 0 saturated carbocycles. The zero-order valence-corrected chi connectivity index (χ0v) is 38.8. The highest BCUT2D eigenvalue weighted by Gasteiger charge is 2.23. The van der Waals surface area contributed by atoms with E-state index in [4.69, 9.17) is 8.39 Å². The lowest BCUT2D eigenvalue weighted by Gasteiger charge is -2.15. The number of fused-ring (bicyclic) bond motifs is 11. The Bertz CT molecular complexity index is 3800. The van der Waals surface area contributed by atoms with Gasteiger partial charge in [0.05, 0.1) is 0 Å². The molecule has 0 fully saturated rings. The van der Waals surface area contributed by atoms with Crippen molar-refractivity contribution < 1.29 is 8.39 Å². The molecule has 0 aliphatic carbocycles. The van der Waals surface area contributed by atoms with Crippen LogP contribution in [0.1, 0.15) is 13.8 Å². The Balaban J connectivity index is 1.08. The Hall–Kier alpha value is -7.94. The van der Waals surface area contributed by atoms with E-state index < -0.39 is 8.16 Å². The van der Waals surface area contributed by atoms with Crippen LogP contribution in [0.5, 0.6) is 0 Å². The summed E-state index contributed by atoms with van der Waals surface area (Å²) in [7, 11) is -1.59. The third-order valence-electron chi connectivity index (χ3n) is 14.1. The molecule has 0 N–H and O–H groups in total. The van der Waals surface area contributed by atoms with Crippen LogP contribution in [0.4, 0.5) is 0 Å². The zero-order valence-electron chi connectivity index (χ0n) is 37.9. The molecule has 0 atom stereocenters. The van der Waals surface area contributed by atoms with Crippen molar-refractivity contribution in [2.75, 3.05) is 17.8 Å². The van der Waals surface area contributed by atoms with E-state index in [1.54, 1.807) is 0 Å². The fourth-order valence-corrected chi connectivity index (χ4v) is 12.2. The Kier molecular flexibility index (Phi) is 9.75. The van der Waals surface area contributed by atoms with Gasteiger partial charge in [-0.05, 0) is 122 Å². The summed E-state index contributed by atoms with van der Waals surface area (Å²) in [6.07, 6.45) is 0. The largest absolute Gasteiger partial charge is 0.407 e. The summed E-state index contributed by atoms with van der Waals surface area (Å²) >= 11 is 0. The Morgan fingerprint density at radius 1 is 0.324 bits per heavy atom. The van der Waals surface area contributed by atoms with E-state index in [1.165, 1.54) is 65.3 Å². The molecule has 68 heavy (non-hydrogen) atoms. The molecule has 13 aromatic rings. The lowest BCUT2D eigenvalue weighted by Crippen LogP contribution is -2.17. The van der Waals surface area contributed by atoms with Crippen molar-refractivity contribution in [3.05, 3.63) is 218 Å². The molecule has 0 unspecified atom stereocenters. The van der Waals surface area contributed by atoms with Gasteiger partial charge in [-0.3, -0.25) is 0 Å². The normalized spacial score (nSPS) is 11.9. The first-order chi connectivity index (χ1) is 33.6. The highest BCUT2D eigenvalue weighted by atomic mass is 31.1. The van der Waals surface area contributed by atoms with Gasteiger partial charge in [0.2, 0.25) is 0 Å². The van der Waals surface area contributed by atoms with Crippen molar-refractivity contribution in [3.8, 4) is 44.5 Å². The SMILES string of the molecule is CCN(CC)p1oc2c(-c3ccc(-c4c5ccccc5cc5ccccc45)cc3)cc3ccccc3c2c2c(o1)c(-c1ccc(-c3c4ccccc4cc4ccccc34)cc1)cc1ccccc12. The number of benzene rings is 12. The van der Waals surface area contributed by atoms with Gasteiger partial charge in [0.15, 0.2) is 11.2 Å². The van der Waals surface area contributed by atoms with E-state index in [-0.39, 0.29) is 0 Å². The van der Waals surface area contributed by atoms with Gasteiger partial charge in [-0.2, -0.15) is 0 Å². The van der Waals surface area contributed by atoms with Crippen LogP contribution in [0.2, 0.25) is 0 Å². The summed E-state index contributed by atoms with van der Waals surface area (Å²) in [5, 5.41) is 16.6. The first-order valence-corrected chi connectivity index (χ1v) is 24.8. The third-order valence-corrected chi connectivity index (χ3v) is 15.8. The summed E-state index contributed by atoms with van der Waals surface area (Å²) in [5.41, 5.74) is 10.9. The molecule has 1 aromatic heterocycles. The second kappa shape index (κ2) is 16.4. The molecule has 13 rings (SSSR count). The number of hydrogen-bond acceptors (Lipinski definition) is 3. The molecule has 0 saturated heterocycles. The molecule has 0 amide bonds. The van der Waals surface area contributed by atoms with Crippen LogP contribution in [0, 0.1) is 0 Å². The summed E-state index contributed by atoms with van der Waals surface area (Å²) in [4.78, 5) is 0. The van der Waals surface area contributed by atoms with Crippen molar-refractivity contribution in [1.82, 2.24) is 0 Å². The van der Waals surface area contributed by atoms with Crippen LogP contribution in [0.25, 0.3) is 131 Å². The quantitative estimate of drug-likeness (QED) is 0.149. The maximum atomic E-state index is 7.47. The lowest BCUT2D eigenvalue weighted by molar-refractivity contribution is 0.625. The fraction of sp³-hybridized carbons (Fsp3) is 0.0625. The standard InChI is InChI=1S/C64H46NO2P/c1-3-65(4-2)68-66-63-57(41-29-33-43(34-30-41)59-51-23-11-5-17-45(51)37-46-18-6-12-24-52(46)59)39-49-21-9-15-27-55(49)61(63)62-56-28-16-10-22-50(56)40-58(64(62)67-68)42-31-35-44(36-32-42)60-53-25-13-7-19-47(53)38-48-20-8-14-26-54(48)60/h5-40H,3-4H2,1-2H3. The van der Waals surface area contributed by atoms with Crippen LogP contribution in [0.15, 0.2) is 227 Å². The molecular formula is C64H46NO2P.